The van der Waals surface area contributed by atoms with Gasteiger partial charge in [-0.3, -0.25) is 0 Å². The number of carbonyl (C=O) groups is 1. The number of benzene rings is 2. The van der Waals surface area contributed by atoms with Crippen LogP contribution in [-0.4, -0.2) is 12.3 Å². The summed E-state index contributed by atoms with van der Waals surface area (Å²) in [7, 11) is 0. The molecular weight excluding hydrogens is 260 g/mol. The minimum absolute atomic E-state index is 0. The van der Waals surface area contributed by atoms with Crippen LogP contribution < -0.4 is 0 Å². The van der Waals surface area contributed by atoms with Crippen molar-refractivity contribution in [2.24, 2.45) is 0 Å². The molecule has 21 heavy (non-hydrogen) atoms. The Morgan fingerprint density at radius 2 is 0.857 bits per heavy atom. The summed E-state index contributed by atoms with van der Waals surface area (Å²) in [4.78, 5) is 8.00. The minimum Gasteiger partial charge on any atom is -0.412 e. The largest absolute Gasteiger partial charge is 0.412 e. The Kier molecular flexibility index (Phi) is 11.0. The van der Waals surface area contributed by atoms with Gasteiger partial charge < -0.3 is 10.3 Å². The molecule has 0 spiro atoms. The van der Waals surface area contributed by atoms with Crippen LogP contribution in [0.2, 0.25) is 0 Å². The average Bonchev–Trinajstić information content (AvgIpc) is 2.42. The zero-order valence-electron chi connectivity index (χ0n) is 14.1. The van der Waals surface area contributed by atoms with Gasteiger partial charge in [0.05, 0.1) is 0 Å². The maximum atomic E-state index is 8.00. The summed E-state index contributed by atoms with van der Waals surface area (Å²) in [6.45, 7) is 14.8. The zero-order chi connectivity index (χ0) is 15.7. The van der Waals surface area contributed by atoms with Crippen molar-refractivity contribution >= 4 is 6.79 Å². The highest BCUT2D eigenvalue weighted by molar-refractivity contribution is 5.29. The summed E-state index contributed by atoms with van der Waals surface area (Å²) in [5, 5.41) is 0. The molecule has 2 rings (SSSR count). The molecule has 0 aliphatic rings. The fraction of sp³-hybridized carbons (Fsp3) is 0.316. The minimum atomic E-state index is 0. The molecule has 2 aromatic rings. The van der Waals surface area contributed by atoms with Crippen LogP contribution in [0.3, 0.4) is 0 Å². The highest BCUT2D eigenvalue weighted by atomic mass is 16.1. The Hall–Kier alpha value is -1.93. The van der Waals surface area contributed by atoms with Gasteiger partial charge in [0.15, 0.2) is 0 Å². The van der Waals surface area contributed by atoms with E-state index in [1.165, 1.54) is 33.4 Å². The number of hydrogen-bond donors (Lipinski definition) is 0. The summed E-state index contributed by atoms with van der Waals surface area (Å²) in [6, 6.07) is 13.0. The third kappa shape index (κ3) is 8.05. The molecule has 2 nitrogen and oxygen atoms in total. The van der Waals surface area contributed by atoms with Crippen LogP contribution >= 0.6 is 0 Å². The Labute approximate surface area is 129 Å². The molecule has 0 fully saturated rings. The fourth-order valence-corrected chi connectivity index (χ4v) is 1.78. The molecule has 2 aromatic carbocycles. The van der Waals surface area contributed by atoms with Crippen LogP contribution in [0, 0.1) is 41.5 Å². The molecule has 116 valence electrons. The molecule has 0 saturated carbocycles. The maximum absolute atomic E-state index is 8.00. The second-order valence-corrected chi connectivity index (χ2v) is 5.18. The van der Waals surface area contributed by atoms with Crippen molar-refractivity contribution in [2.45, 2.75) is 41.5 Å². The fourth-order valence-electron chi connectivity index (χ4n) is 1.78. The van der Waals surface area contributed by atoms with E-state index >= 15 is 0 Å². The summed E-state index contributed by atoms with van der Waals surface area (Å²) in [6.07, 6.45) is 0. The third-order valence-corrected chi connectivity index (χ3v) is 3.32. The first kappa shape index (κ1) is 21.4. The van der Waals surface area contributed by atoms with E-state index in [0.29, 0.717) is 0 Å². The maximum Gasteiger partial charge on any atom is 0.106 e. The van der Waals surface area contributed by atoms with E-state index in [1.807, 2.05) is 6.79 Å². The smallest absolute Gasteiger partial charge is 0.106 e. The van der Waals surface area contributed by atoms with Gasteiger partial charge in [0.1, 0.15) is 6.79 Å². The lowest BCUT2D eigenvalue weighted by molar-refractivity contribution is -0.0979. The van der Waals surface area contributed by atoms with Crippen molar-refractivity contribution in [3.8, 4) is 0 Å². The van der Waals surface area contributed by atoms with Crippen molar-refractivity contribution in [1.29, 1.82) is 0 Å². The van der Waals surface area contributed by atoms with Gasteiger partial charge in [-0.2, -0.15) is 0 Å². The van der Waals surface area contributed by atoms with Crippen LogP contribution in [0.25, 0.3) is 0 Å². The SMILES string of the molecule is C=O.Cc1ccc(C)c(C)c1.Cc1ccc(C)c(C)c1.O. The monoisotopic (exact) mass is 288 g/mol. The summed E-state index contributed by atoms with van der Waals surface area (Å²) < 4.78 is 0. The van der Waals surface area contributed by atoms with E-state index in [1.54, 1.807) is 0 Å². The number of carbonyl (C=O) groups excluding carboxylic acids is 1. The number of hydrogen-bond acceptors (Lipinski definition) is 1. The lowest BCUT2D eigenvalue weighted by Gasteiger charge is -1.98. The summed E-state index contributed by atoms with van der Waals surface area (Å²) in [5.74, 6) is 0. The molecule has 0 heterocycles. The second kappa shape index (κ2) is 10.8. The van der Waals surface area contributed by atoms with Gasteiger partial charge in [-0.05, 0) is 63.8 Å². The molecule has 0 atom stereocenters. The van der Waals surface area contributed by atoms with Gasteiger partial charge in [-0.1, -0.05) is 47.5 Å². The van der Waals surface area contributed by atoms with E-state index in [2.05, 4.69) is 77.9 Å². The first-order chi connectivity index (χ1) is 9.40. The summed E-state index contributed by atoms with van der Waals surface area (Å²) >= 11 is 0. The van der Waals surface area contributed by atoms with Crippen molar-refractivity contribution in [2.75, 3.05) is 0 Å². The summed E-state index contributed by atoms with van der Waals surface area (Å²) in [5.41, 5.74) is 8.21. The highest BCUT2D eigenvalue weighted by Crippen LogP contribution is 2.08. The van der Waals surface area contributed by atoms with Crippen molar-refractivity contribution in [3.05, 3.63) is 69.8 Å². The molecule has 2 heteroatoms. The molecule has 0 radical (unpaired) electrons. The van der Waals surface area contributed by atoms with E-state index in [-0.39, 0.29) is 5.48 Å². The zero-order valence-corrected chi connectivity index (χ0v) is 14.1. The predicted octanol–water partition coefficient (Wildman–Crippen LogP) is 4.21. The molecule has 0 unspecified atom stereocenters. The lowest BCUT2D eigenvalue weighted by atomic mass is 10.1. The standard InChI is InChI=1S/2C9H12.CH2O.H2O/c2*1-7-4-5-8(2)9(3)6-7;1-2;/h2*4-6H,1-3H3;1H2;1H2. The second-order valence-electron chi connectivity index (χ2n) is 5.18. The topological polar surface area (TPSA) is 48.6 Å². The first-order valence-corrected chi connectivity index (χ1v) is 6.76. The molecule has 2 N–H and O–H groups in total. The Morgan fingerprint density at radius 1 is 0.571 bits per heavy atom. The molecular formula is C19H28O2. The normalized spacial score (nSPS) is 8.48. The quantitative estimate of drug-likeness (QED) is 0.716. The van der Waals surface area contributed by atoms with Crippen LogP contribution in [0.5, 0.6) is 0 Å². The van der Waals surface area contributed by atoms with Crippen LogP contribution in [-0.2, 0) is 4.79 Å². The third-order valence-electron chi connectivity index (χ3n) is 3.32. The van der Waals surface area contributed by atoms with Gasteiger partial charge in [-0.25, -0.2) is 0 Å². The van der Waals surface area contributed by atoms with Gasteiger partial charge in [0.25, 0.3) is 0 Å². The molecule has 0 aliphatic carbocycles. The molecule has 0 amide bonds. The van der Waals surface area contributed by atoms with Gasteiger partial charge >= 0.3 is 0 Å². The van der Waals surface area contributed by atoms with Gasteiger partial charge in [0.2, 0.25) is 0 Å². The van der Waals surface area contributed by atoms with Crippen LogP contribution in [0.1, 0.15) is 33.4 Å². The molecule has 0 aromatic heterocycles. The molecule has 0 bridgehead atoms. The van der Waals surface area contributed by atoms with Crippen molar-refractivity contribution in [3.63, 3.8) is 0 Å². The van der Waals surface area contributed by atoms with Crippen molar-refractivity contribution in [1.82, 2.24) is 0 Å². The van der Waals surface area contributed by atoms with E-state index in [9.17, 15) is 0 Å². The van der Waals surface area contributed by atoms with Gasteiger partial charge in [-0.15, -0.1) is 0 Å². The molecule has 0 saturated heterocycles. The number of aryl methyl sites for hydroxylation is 6. The van der Waals surface area contributed by atoms with Crippen molar-refractivity contribution < 1.29 is 10.3 Å². The van der Waals surface area contributed by atoms with E-state index in [4.69, 9.17) is 4.79 Å². The highest BCUT2D eigenvalue weighted by Gasteiger charge is 1.89. The Morgan fingerprint density at radius 3 is 1.05 bits per heavy atom. The number of rotatable bonds is 0. The predicted molar refractivity (Wildman–Crippen MR) is 92.0 cm³/mol. The lowest BCUT2D eigenvalue weighted by Crippen LogP contribution is -1.79. The Balaban J connectivity index is 0. The van der Waals surface area contributed by atoms with Crippen LogP contribution in [0.4, 0.5) is 0 Å². The first-order valence-electron chi connectivity index (χ1n) is 6.76. The van der Waals surface area contributed by atoms with E-state index < -0.39 is 0 Å². The van der Waals surface area contributed by atoms with Gasteiger partial charge in [0, 0.05) is 0 Å². The van der Waals surface area contributed by atoms with E-state index in [0.717, 1.165) is 0 Å². The average molecular weight is 288 g/mol. The van der Waals surface area contributed by atoms with Crippen LogP contribution in [0.15, 0.2) is 36.4 Å². The molecule has 0 aliphatic heterocycles. The Bertz CT molecular complexity index is 496.